The van der Waals surface area contributed by atoms with Crippen LogP contribution in [0, 0.1) is 5.92 Å². The quantitative estimate of drug-likeness (QED) is 0.884. The van der Waals surface area contributed by atoms with Gasteiger partial charge in [-0.2, -0.15) is 0 Å². The Morgan fingerprint density at radius 1 is 1.47 bits per heavy atom. The molecule has 1 N–H and O–H groups in total. The van der Waals surface area contributed by atoms with E-state index in [1.807, 2.05) is 6.92 Å². The van der Waals surface area contributed by atoms with Gasteiger partial charge >= 0.3 is 5.97 Å². The smallest absolute Gasteiger partial charge is 0.313 e. The highest BCUT2D eigenvalue weighted by Gasteiger charge is 2.35. The molecule has 5 nitrogen and oxygen atoms in total. The molecule has 0 amide bonds. The second-order valence-corrected chi connectivity index (χ2v) is 4.95. The molecule has 1 unspecified atom stereocenters. The van der Waals surface area contributed by atoms with Crippen molar-refractivity contribution in [2.75, 3.05) is 7.11 Å². The number of carboxylic acids is 1. The predicted octanol–water partition coefficient (Wildman–Crippen LogP) is 2.41. The van der Waals surface area contributed by atoms with Crippen molar-refractivity contribution in [3.05, 3.63) is 17.7 Å². The summed E-state index contributed by atoms with van der Waals surface area (Å²) in [6.07, 6.45) is 6.25. The van der Waals surface area contributed by atoms with Gasteiger partial charge in [0.05, 0.1) is 12.8 Å². The molecule has 0 radical (unpaired) electrons. The van der Waals surface area contributed by atoms with Crippen molar-refractivity contribution >= 4 is 5.97 Å². The van der Waals surface area contributed by atoms with E-state index in [0.717, 1.165) is 31.4 Å². The summed E-state index contributed by atoms with van der Waals surface area (Å²) in [7, 11) is 1.55. The molecule has 0 aromatic carbocycles. The van der Waals surface area contributed by atoms with E-state index < -0.39 is 11.9 Å². The van der Waals surface area contributed by atoms with Crippen LogP contribution in [-0.2, 0) is 11.2 Å². The van der Waals surface area contributed by atoms with Crippen LogP contribution in [0.5, 0.6) is 5.75 Å². The molecule has 1 atom stereocenters. The van der Waals surface area contributed by atoms with E-state index in [1.54, 1.807) is 7.11 Å². The molecule has 0 spiro atoms. The van der Waals surface area contributed by atoms with E-state index in [0.29, 0.717) is 17.9 Å². The Kier molecular flexibility index (Phi) is 4.35. The molecule has 0 aliphatic heterocycles. The number of hydrogen-bond acceptors (Lipinski definition) is 4. The first kappa shape index (κ1) is 13.8. The van der Waals surface area contributed by atoms with Crippen molar-refractivity contribution in [3.63, 3.8) is 0 Å². The van der Waals surface area contributed by atoms with Crippen LogP contribution < -0.4 is 4.74 Å². The molecule has 0 saturated heterocycles. The molecule has 5 heteroatoms. The summed E-state index contributed by atoms with van der Waals surface area (Å²) in [5.74, 6) is -0.688. The largest absolute Gasteiger partial charge is 0.493 e. The molecule has 104 valence electrons. The van der Waals surface area contributed by atoms with E-state index in [4.69, 9.17) is 4.74 Å². The standard InChI is InChI=1S/C14H20N2O3/c1-3-10-13(19-2)12(16-8-15-10)11(14(17)18)9-6-4-5-7-9/h8-9,11H,3-7H2,1-2H3,(H,17,18). The first-order valence-corrected chi connectivity index (χ1v) is 6.79. The van der Waals surface area contributed by atoms with Crippen molar-refractivity contribution in [2.45, 2.75) is 44.9 Å². The number of carboxylic acid groups (broad SMARTS) is 1. The molecule has 2 rings (SSSR count). The van der Waals surface area contributed by atoms with Gasteiger partial charge in [0.15, 0.2) is 5.75 Å². The zero-order valence-corrected chi connectivity index (χ0v) is 11.4. The number of aromatic nitrogens is 2. The highest BCUT2D eigenvalue weighted by molar-refractivity contribution is 5.77. The van der Waals surface area contributed by atoms with Crippen LogP contribution in [0.1, 0.15) is 49.9 Å². The maximum atomic E-state index is 11.6. The Morgan fingerprint density at radius 3 is 2.68 bits per heavy atom. The highest BCUT2D eigenvalue weighted by Crippen LogP contribution is 2.40. The lowest BCUT2D eigenvalue weighted by Crippen LogP contribution is -2.22. The number of nitrogens with zero attached hydrogens (tertiary/aromatic N) is 2. The summed E-state index contributed by atoms with van der Waals surface area (Å²) in [5, 5.41) is 9.55. The number of hydrogen-bond donors (Lipinski definition) is 1. The van der Waals surface area contributed by atoms with Gasteiger partial charge in [-0.25, -0.2) is 9.97 Å². The molecular formula is C14H20N2O3. The van der Waals surface area contributed by atoms with Crippen LogP contribution in [-0.4, -0.2) is 28.2 Å². The van der Waals surface area contributed by atoms with E-state index in [2.05, 4.69) is 9.97 Å². The van der Waals surface area contributed by atoms with Crippen LogP contribution >= 0.6 is 0 Å². The molecule has 1 aliphatic carbocycles. The number of aryl methyl sites for hydroxylation is 1. The van der Waals surface area contributed by atoms with Gasteiger partial charge in [0.25, 0.3) is 0 Å². The van der Waals surface area contributed by atoms with E-state index in [1.165, 1.54) is 6.33 Å². The fourth-order valence-corrected chi connectivity index (χ4v) is 2.95. The summed E-state index contributed by atoms with van der Waals surface area (Å²) in [6.45, 7) is 1.97. The van der Waals surface area contributed by atoms with Crippen LogP contribution in [0.25, 0.3) is 0 Å². The summed E-state index contributed by atoms with van der Waals surface area (Å²) < 4.78 is 5.37. The predicted molar refractivity (Wildman–Crippen MR) is 70.3 cm³/mol. The minimum atomic E-state index is -0.814. The molecular weight excluding hydrogens is 244 g/mol. The van der Waals surface area contributed by atoms with Crippen molar-refractivity contribution in [1.29, 1.82) is 0 Å². The minimum Gasteiger partial charge on any atom is -0.493 e. The third kappa shape index (κ3) is 2.69. The first-order chi connectivity index (χ1) is 9.19. The van der Waals surface area contributed by atoms with Crippen LogP contribution in [0.15, 0.2) is 6.33 Å². The molecule has 0 bridgehead atoms. The average Bonchev–Trinajstić information content (AvgIpc) is 2.92. The Labute approximate surface area is 113 Å². The summed E-state index contributed by atoms with van der Waals surface area (Å²) in [6, 6.07) is 0. The van der Waals surface area contributed by atoms with E-state index in [-0.39, 0.29) is 5.92 Å². The van der Waals surface area contributed by atoms with Gasteiger partial charge in [0.2, 0.25) is 0 Å². The fraction of sp³-hybridized carbons (Fsp3) is 0.643. The maximum Gasteiger partial charge on any atom is 0.313 e. The number of aliphatic carboxylic acids is 1. The summed E-state index contributed by atoms with van der Waals surface area (Å²) >= 11 is 0. The number of ether oxygens (including phenoxy) is 1. The summed E-state index contributed by atoms with van der Waals surface area (Å²) in [5.41, 5.74) is 1.31. The molecule has 1 aromatic heterocycles. The van der Waals surface area contributed by atoms with Crippen molar-refractivity contribution < 1.29 is 14.6 Å². The number of rotatable bonds is 5. The van der Waals surface area contributed by atoms with Gasteiger partial charge in [0.1, 0.15) is 17.9 Å². The van der Waals surface area contributed by atoms with Gasteiger partial charge in [-0.1, -0.05) is 19.8 Å². The zero-order chi connectivity index (χ0) is 13.8. The molecule has 1 heterocycles. The second kappa shape index (κ2) is 5.99. The minimum absolute atomic E-state index is 0.158. The Morgan fingerprint density at radius 2 is 2.16 bits per heavy atom. The monoisotopic (exact) mass is 264 g/mol. The Hall–Kier alpha value is -1.65. The van der Waals surface area contributed by atoms with Crippen LogP contribution in [0.4, 0.5) is 0 Å². The lowest BCUT2D eigenvalue weighted by Gasteiger charge is -2.21. The van der Waals surface area contributed by atoms with Gasteiger partial charge in [-0.3, -0.25) is 4.79 Å². The van der Waals surface area contributed by atoms with Crippen molar-refractivity contribution in [2.24, 2.45) is 5.92 Å². The second-order valence-electron chi connectivity index (χ2n) is 4.95. The Bertz CT molecular complexity index is 456. The number of methoxy groups -OCH3 is 1. The molecule has 1 saturated carbocycles. The first-order valence-electron chi connectivity index (χ1n) is 6.79. The third-order valence-electron chi connectivity index (χ3n) is 3.88. The lowest BCUT2D eigenvalue weighted by atomic mass is 9.87. The average molecular weight is 264 g/mol. The van der Waals surface area contributed by atoms with Crippen LogP contribution in [0.3, 0.4) is 0 Å². The molecule has 19 heavy (non-hydrogen) atoms. The van der Waals surface area contributed by atoms with Gasteiger partial charge in [-0.15, -0.1) is 0 Å². The highest BCUT2D eigenvalue weighted by atomic mass is 16.5. The fourth-order valence-electron chi connectivity index (χ4n) is 2.95. The van der Waals surface area contributed by atoms with E-state index in [9.17, 15) is 9.90 Å². The third-order valence-corrected chi connectivity index (χ3v) is 3.88. The van der Waals surface area contributed by atoms with E-state index >= 15 is 0 Å². The zero-order valence-electron chi connectivity index (χ0n) is 11.4. The molecule has 1 aromatic rings. The molecule has 1 aliphatic rings. The van der Waals surface area contributed by atoms with Crippen molar-refractivity contribution in [1.82, 2.24) is 9.97 Å². The van der Waals surface area contributed by atoms with Gasteiger partial charge < -0.3 is 9.84 Å². The van der Waals surface area contributed by atoms with Gasteiger partial charge in [0, 0.05) is 0 Å². The number of carbonyl (C=O) groups is 1. The molecule has 1 fully saturated rings. The van der Waals surface area contributed by atoms with Gasteiger partial charge in [-0.05, 0) is 25.2 Å². The lowest BCUT2D eigenvalue weighted by molar-refractivity contribution is -0.140. The van der Waals surface area contributed by atoms with Crippen LogP contribution in [0.2, 0.25) is 0 Å². The summed E-state index contributed by atoms with van der Waals surface area (Å²) in [4.78, 5) is 20.0. The van der Waals surface area contributed by atoms with Crippen molar-refractivity contribution in [3.8, 4) is 5.75 Å². The maximum absolute atomic E-state index is 11.6. The normalized spacial score (nSPS) is 17.4. The Balaban J connectivity index is 2.43. The SMILES string of the molecule is CCc1ncnc(C(C(=O)O)C2CCCC2)c1OC. The topological polar surface area (TPSA) is 72.3 Å².